The molecular formula is C13H18N2O. The van der Waals surface area contributed by atoms with Crippen molar-refractivity contribution in [1.82, 2.24) is 4.98 Å². The average Bonchev–Trinajstić information content (AvgIpc) is 3.05. The zero-order chi connectivity index (χ0) is 11.1. The zero-order valence-corrected chi connectivity index (χ0v) is 9.99. The van der Waals surface area contributed by atoms with Crippen molar-refractivity contribution in [3.05, 3.63) is 23.0 Å². The van der Waals surface area contributed by atoms with Crippen LogP contribution in [0.2, 0.25) is 0 Å². The lowest BCUT2D eigenvalue weighted by atomic mass is 10.0. The Morgan fingerprint density at radius 2 is 2.31 bits per heavy atom. The normalized spacial score (nSPS) is 23.1. The van der Waals surface area contributed by atoms with E-state index in [1.807, 2.05) is 0 Å². The molecule has 0 radical (unpaired) electrons. The molecule has 0 aliphatic carbocycles. The molecule has 3 heteroatoms. The summed E-state index contributed by atoms with van der Waals surface area (Å²) in [6.07, 6.45) is 2.81. The van der Waals surface area contributed by atoms with E-state index >= 15 is 0 Å². The highest BCUT2D eigenvalue weighted by atomic mass is 16.6. The van der Waals surface area contributed by atoms with Crippen LogP contribution in [0.3, 0.4) is 0 Å². The van der Waals surface area contributed by atoms with Crippen molar-refractivity contribution in [3.63, 3.8) is 0 Å². The van der Waals surface area contributed by atoms with Crippen molar-refractivity contribution in [2.45, 2.75) is 32.8 Å². The summed E-state index contributed by atoms with van der Waals surface area (Å²) < 4.78 is 5.32. The minimum absolute atomic E-state index is 0.465. The number of nitrogens with zero attached hydrogens (tertiary/aromatic N) is 2. The summed E-state index contributed by atoms with van der Waals surface area (Å²) in [5, 5.41) is 0. The SMILES string of the molecule is Cc1cc2c(nc1C)CCCN2C[C@H]1CO1. The van der Waals surface area contributed by atoms with Crippen LogP contribution in [0.1, 0.15) is 23.4 Å². The Bertz CT molecular complexity index is 413. The first kappa shape index (κ1) is 10.1. The van der Waals surface area contributed by atoms with E-state index in [0.717, 1.165) is 26.1 Å². The molecule has 0 amide bonds. The molecule has 0 bridgehead atoms. The molecule has 1 aromatic rings. The van der Waals surface area contributed by atoms with E-state index in [9.17, 15) is 0 Å². The lowest BCUT2D eigenvalue weighted by Crippen LogP contribution is -2.33. The Kier molecular flexibility index (Phi) is 2.36. The Labute approximate surface area is 96.4 Å². The van der Waals surface area contributed by atoms with Gasteiger partial charge in [0.15, 0.2) is 0 Å². The van der Waals surface area contributed by atoms with E-state index in [1.54, 1.807) is 0 Å². The first-order chi connectivity index (χ1) is 7.74. The molecule has 0 spiro atoms. The summed E-state index contributed by atoms with van der Waals surface area (Å²) in [6.45, 7) is 7.36. The third kappa shape index (κ3) is 1.80. The number of aryl methyl sites for hydroxylation is 3. The van der Waals surface area contributed by atoms with Crippen LogP contribution in [0.25, 0.3) is 0 Å². The van der Waals surface area contributed by atoms with Gasteiger partial charge in [-0.3, -0.25) is 4.98 Å². The van der Waals surface area contributed by atoms with Crippen molar-refractivity contribution >= 4 is 5.69 Å². The van der Waals surface area contributed by atoms with Crippen LogP contribution < -0.4 is 4.90 Å². The smallest absolute Gasteiger partial charge is 0.0984 e. The van der Waals surface area contributed by atoms with Crippen molar-refractivity contribution in [3.8, 4) is 0 Å². The standard InChI is InChI=1S/C13H18N2O/c1-9-6-13-12(14-10(9)2)4-3-5-15(13)7-11-8-16-11/h6,11H,3-5,7-8H2,1-2H3/t11-/m0/s1. The van der Waals surface area contributed by atoms with Gasteiger partial charge in [0, 0.05) is 18.8 Å². The predicted molar refractivity (Wildman–Crippen MR) is 64.0 cm³/mol. The maximum atomic E-state index is 5.32. The molecule has 2 aliphatic heterocycles. The molecule has 3 heterocycles. The van der Waals surface area contributed by atoms with Gasteiger partial charge in [0.25, 0.3) is 0 Å². The number of fused-ring (bicyclic) bond motifs is 1. The number of epoxide rings is 1. The van der Waals surface area contributed by atoms with Gasteiger partial charge in [-0.15, -0.1) is 0 Å². The van der Waals surface area contributed by atoms with Crippen molar-refractivity contribution in [2.75, 3.05) is 24.6 Å². The molecule has 0 N–H and O–H groups in total. The van der Waals surface area contributed by atoms with Crippen LogP contribution in [0.5, 0.6) is 0 Å². The van der Waals surface area contributed by atoms with E-state index in [0.29, 0.717) is 6.10 Å². The second-order valence-electron chi connectivity index (χ2n) is 4.86. The molecular weight excluding hydrogens is 200 g/mol. The number of ether oxygens (including phenoxy) is 1. The Hall–Kier alpha value is -1.09. The zero-order valence-electron chi connectivity index (χ0n) is 9.99. The largest absolute Gasteiger partial charge is 0.371 e. The number of hydrogen-bond acceptors (Lipinski definition) is 3. The van der Waals surface area contributed by atoms with E-state index in [2.05, 4.69) is 24.8 Å². The summed E-state index contributed by atoms with van der Waals surface area (Å²) in [6, 6.07) is 2.29. The number of aromatic nitrogens is 1. The minimum Gasteiger partial charge on any atom is -0.371 e. The summed E-state index contributed by atoms with van der Waals surface area (Å²) in [5.41, 5.74) is 5.07. The fraction of sp³-hybridized carbons (Fsp3) is 0.615. The van der Waals surface area contributed by atoms with Crippen molar-refractivity contribution in [1.29, 1.82) is 0 Å². The monoisotopic (exact) mass is 218 g/mol. The summed E-state index contributed by atoms with van der Waals surface area (Å²) in [5.74, 6) is 0. The molecule has 0 unspecified atom stereocenters. The molecule has 1 fully saturated rings. The molecule has 16 heavy (non-hydrogen) atoms. The summed E-state index contributed by atoms with van der Waals surface area (Å²) in [4.78, 5) is 7.15. The molecule has 1 aromatic heterocycles. The van der Waals surface area contributed by atoms with Crippen LogP contribution in [-0.4, -0.2) is 30.8 Å². The number of anilines is 1. The van der Waals surface area contributed by atoms with Crippen molar-refractivity contribution < 1.29 is 4.74 Å². The van der Waals surface area contributed by atoms with Gasteiger partial charge < -0.3 is 9.64 Å². The molecule has 86 valence electrons. The number of rotatable bonds is 2. The fourth-order valence-electron chi connectivity index (χ4n) is 2.37. The minimum atomic E-state index is 0.465. The van der Waals surface area contributed by atoms with E-state index in [1.165, 1.54) is 29.1 Å². The molecule has 0 aromatic carbocycles. The highest BCUT2D eigenvalue weighted by Gasteiger charge is 2.28. The number of hydrogen-bond donors (Lipinski definition) is 0. The van der Waals surface area contributed by atoms with Gasteiger partial charge in [0.1, 0.15) is 0 Å². The quantitative estimate of drug-likeness (QED) is 0.709. The lowest BCUT2D eigenvalue weighted by Gasteiger charge is -2.30. The molecule has 3 rings (SSSR count). The van der Waals surface area contributed by atoms with Gasteiger partial charge in [-0.25, -0.2) is 0 Å². The second kappa shape index (κ2) is 3.74. The Balaban J connectivity index is 1.93. The highest BCUT2D eigenvalue weighted by Crippen LogP contribution is 2.29. The molecule has 2 aliphatic rings. The van der Waals surface area contributed by atoms with Gasteiger partial charge in [-0.2, -0.15) is 0 Å². The fourth-order valence-corrected chi connectivity index (χ4v) is 2.37. The van der Waals surface area contributed by atoms with Crippen LogP contribution in [0.15, 0.2) is 6.07 Å². The predicted octanol–water partition coefficient (Wildman–Crippen LogP) is 1.85. The number of pyridine rings is 1. The maximum Gasteiger partial charge on any atom is 0.0984 e. The van der Waals surface area contributed by atoms with E-state index in [-0.39, 0.29) is 0 Å². The highest BCUT2D eigenvalue weighted by molar-refractivity contribution is 5.55. The van der Waals surface area contributed by atoms with Gasteiger partial charge in [-0.1, -0.05) is 0 Å². The van der Waals surface area contributed by atoms with Gasteiger partial charge in [-0.05, 0) is 38.3 Å². The third-order valence-corrected chi connectivity index (χ3v) is 3.53. The van der Waals surface area contributed by atoms with Crippen LogP contribution >= 0.6 is 0 Å². The average molecular weight is 218 g/mol. The van der Waals surface area contributed by atoms with Gasteiger partial charge in [0.05, 0.1) is 24.1 Å². The third-order valence-electron chi connectivity index (χ3n) is 3.53. The van der Waals surface area contributed by atoms with E-state index in [4.69, 9.17) is 9.72 Å². The van der Waals surface area contributed by atoms with Crippen molar-refractivity contribution in [2.24, 2.45) is 0 Å². The summed E-state index contributed by atoms with van der Waals surface area (Å²) >= 11 is 0. The Morgan fingerprint density at radius 1 is 1.50 bits per heavy atom. The molecule has 1 atom stereocenters. The Morgan fingerprint density at radius 3 is 3.06 bits per heavy atom. The first-order valence-electron chi connectivity index (χ1n) is 6.08. The van der Waals surface area contributed by atoms with Gasteiger partial charge in [0.2, 0.25) is 0 Å². The topological polar surface area (TPSA) is 28.7 Å². The summed E-state index contributed by atoms with van der Waals surface area (Å²) in [7, 11) is 0. The second-order valence-corrected chi connectivity index (χ2v) is 4.86. The molecule has 1 saturated heterocycles. The first-order valence-corrected chi connectivity index (χ1v) is 6.08. The lowest BCUT2D eigenvalue weighted by molar-refractivity contribution is 0.405. The maximum absolute atomic E-state index is 5.32. The van der Waals surface area contributed by atoms with E-state index < -0.39 is 0 Å². The van der Waals surface area contributed by atoms with Crippen LogP contribution in [-0.2, 0) is 11.2 Å². The molecule has 0 saturated carbocycles. The van der Waals surface area contributed by atoms with Crippen LogP contribution in [0, 0.1) is 13.8 Å². The molecule has 3 nitrogen and oxygen atoms in total. The van der Waals surface area contributed by atoms with Crippen LogP contribution in [0.4, 0.5) is 5.69 Å². The van der Waals surface area contributed by atoms with Gasteiger partial charge >= 0.3 is 0 Å².